The molecule has 0 N–H and O–H groups in total. The molecule has 1 aliphatic heterocycles. The number of hydrogen-bond donors (Lipinski definition) is 0. The summed E-state index contributed by atoms with van der Waals surface area (Å²) in [4.78, 5) is 2.34. The van der Waals surface area contributed by atoms with E-state index in [2.05, 4.69) is 137 Å². The van der Waals surface area contributed by atoms with Gasteiger partial charge in [0.15, 0.2) is 0 Å². The van der Waals surface area contributed by atoms with Gasteiger partial charge >= 0.3 is 0 Å². The van der Waals surface area contributed by atoms with E-state index < -0.39 is 0 Å². The molecule has 2 nitrogen and oxygen atoms in total. The molecule has 1 aliphatic rings. The summed E-state index contributed by atoms with van der Waals surface area (Å²) < 4.78 is 7.00. The molecule has 4 aromatic carbocycles. The molecule has 0 aromatic heterocycles. The zero-order valence-electron chi connectivity index (χ0n) is 23.8. The normalized spacial score (nSPS) is 15.3. The molecule has 196 valence electrons. The third-order valence-corrected chi connectivity index (χ3v) is 8.77. The van der Waals surface area contributed by atoms with Crippen LogP contribution in [0, 0.1) is 13.8 Å². The Hall–Kier alpha value is -3.36. The number of para-hydroxylation sites is 2. The average Bonchev–Trinajstić information content (AvgIpc) is 3.24. The summed E-state index contributed by atoms with van der Waals surface area (Å²) in [6, 6.07) is 33.1. The Morgan fingerprint density at radius 1 is 0.553 bits per heavy atom. The number of rotatable bonds is 8. The number of ether oxygens (including phenoxy) is 1. The van der Waals surface area contributed by atoms with Crippen molar-refractivity contribution in [2.24, 2.45) is 0 Å². The minimum absolute atomic E-state index is 0.181. The highest BCUT2D eigenvalue weighted by Gasteiger charge is 2.49. The lowest BCUT2D eigenvalue weighted by Gasteiger charge is -2.34. The maximum atomic E-state index is 7.00. The lowest BCUT2D eigenvalue weighted by atomic mass is 9.80. The second kappa shape index (κ2) is 10.4. The minimum atomic E-state index is -0.212. The fourth-order valence-electron chi connectivity index (χ4n) is 6.63. The van der Waals surface area contributed by atoms with Crippen molar-refractivity contribution >= 4 is 17.1 Å². The van der Waals surface area contributed by atoms with Crippen LogP contribution in [0.5, 0.6) is 0 Å². The third-order valence-electron chi connectivity index (χ3n) is 8.77. The number of fused-ring (bicyclic) bond motifs is 1. The lowest BCUT2D eigenvalue weighted by molar-refractivity contribution is -0.151. The molecule has 0 saturated heterocycles. The second-order valence-corrected chi connectivity index (χ2v) is 10.7. The Morgan fingerprint density at radius 3 is 1.50 bits per heavy atom. The van der Waals surface area contributed by atoms with Gasteiger partial charge in [-0.3, -0.25) is 0 Å². The van der Waals surface area contributed by atoms with Gasteiger partial charge in [-0.25, -0.2) is 0 Å². The molecule has 0 radical (unpaired) electrons. The molecule has 1 heterocycles. The summed E-state index contributed by atoms with van der Waals surface area (Å²) >= 11 is 0. The summed E-state index contributed by atoms with van der Waals surface area (Å²) in [5.41, 5.74) is 11.1. The molecule has 0 spiro atoms. The molecular weight excluding hydrogens is 462 g/mol. The largest absolute Gasteiger partial charge is 0.359 e. The van der Waals surface area contributed by atoms with Crippen LogP contribution >= 0.6 is 0 Å². The van der Waals surface area contributed by atoms with Gasteiger partial charge in [0, 0.05) is 17.1 Å². The predicted molar refractivity (Wildman–Crippen MR) is 162 cm³/mol. The molecule has 0 unspecified atom stereocenters. The van der Waals surface area contributed by atoms with E-state index in [1.165, 1.54) is 39.1 Å². The minimum Gasteiger partial charge on any atom is -0.359 e. The molecular formula is C36H41NO. The average molecular weight is 504 g/mol. The first-order chi connectivity index (χ1) is 18.4. The molecule has 0 fully saturated rings. The van der Waals surface area contributed by atoms with Crippen LogP contribution in [-0.4, -0.2) is 0 Å². The van der Waals surface area contributed by atoms with Gasteiger partial charge in [-0.1, -0.05) is 76.2 Å². The van der Waals surface area contributed by atoms with Crippen molar-refractivity contribution in [3.63, 3.8) is 0 Å². The van der Waals surface area contributed by atoms with Gasteiger partial charge in [-0.15, -0.1) is 0 Å². The first kappa shape index (κ1) is 26.3. The van der Waals surface area contributed by atoms with E-state index in [9.17, 15) is 0 Å². The number of anilines is 3. The van der Waals surface area contributed by atoms with Crippen LogP contribution in [0.4, 0.5) is 17.1 Å². The highest BCUT2D eigenvalue weighted by molar-refractivity contribution is 5.81. The topological polar surface area (TPSA) is 12.5 Å². The van der Waals surface area contributed by atoms with Crippen LogP contribution in [-0.2, 0) is 15.9 Å². The van der Waals surface area contributed by atoms with E-state index in [1.807, 2.05) is 0 Å². The highest BCUT2D eigenvalue weighted by atomic mass is 16.5. The summed E-state index contributed by atoms with van der Waals surface area (Å²) in [6.07, 6.45) is 3.97. The first-order valence-electron chi connectivity index (χ1n) is 14.3. The number of aryl methyl sites for hydroxylation is 2. The van der Waals surface area contributed by atoms with Crippen molar-refractivity contribution in [1.29, 1.82) is 0 Å². The van der Waals surface area contributed by atoms with Crippen molar-refractivity contribution in [1.82, 2.24) is 0 Å². The quantitative estimate of drug-likeness (QED) is 0.237. The Kier molecular flexibility index (Phi) is 7.20. The number of benzene rings is 4. The van der Waals surface area contributed by atoms with Crippen molar-refractivity contribution in [2.75, 3.05) is 4.90 Å². The maximum Gasteiger partial charge on any atom is 0.0942 e. The van der Waals surface area contributed by atoms with E-state index in [-0.39, 0.29) is 11.2 Å². The Balaban J connectivity index is 1.64. The maximum absolute atomic E-state index is 7.00. The molecule has 0 amide bonds. The number of hydrogen-bond acceptors (Lipinski definition) is 2. The van der Waals surface area contributed by atoms with E-state index in [0.717, 1.165) is 37.1 Å². The van der Waals surface area contributed by atoms with Crippen molar-refractivity contribution < 1.29 is 4.74 Å². The fourth-order valence-corrected chi connectivity index (χ4v) is 6.63. The lowest BCUT2D eigenvalue weighted by Crippen LogP contribution is -2.31. The molecule has 2 heteroatoms. The molecule has 0 atom stereocenters. The molecule has 5 rings (SSSR count). The first-order valence-corrected chi connectivity index (χ1v) is 14.3. The summed E-state index contributed by atoms with van der Waals surface area (Å²) in [7, 11) is 0. The third kappa shape index (κ3) is 4.25. The summed E-state index contributed by atoms with van der Waals surface area (Å²) in [5, 5.41) is 0. The van der Waals surface area contributed by atoms with Crippen molar-refractivity contribution in [3.05, 3.63) is 113 Å². The molecule has 4 aromatic rings. The van der Waals surface area contributed by atoms with E-state index in [1.54, 1.807) is 0 Å². The van der Waals surface area contributed by atoms with Crippen molar-refractivity contribution in [2.45, 2.75) is 78.4 Å². The number of nitrogens with zero attached hydrogens (tertiary/aromatic N) is 1. The molecule has 0 aliphatic carbocycles. The van der Waals surface area contributed by atoms with E-state index in [4.69, 9.17) is 4.74 Å². The monoisotopic (exact) mass is 503 g/mol. The van der Waals surface area contributed by atoms with Crippen LogP contribution in [0.3, 0.4) is 0 Å². The van der Waals surface area contributed by atoms with Gasteiger partial charge in [0.05, 0.1) is 11.2 Å². The van der Waals surface area contributed by atoms with E-state index >= 15 is 0 Å². The van der Waals surface area contributed by atoms with Crippen LogP contribution in [0.1, 0.15) is 75.6 Å². The van der Waals surface area contributed by atoms with Crippen molar-refractivity contribution in [3.8, 4) is 11.1 Å². The fraction of sp³-hybridized carbons (Fsp3) is 0.333. The zero-order chi connectivity index (χ0) is 26.9. The van der Waals surface area contributed by atoms with E-state index in [0.29, 0.717) is 0 Å². The Bertz CT molecular complexity index is 1340. The van der Waals surface area contributed by atoms with Gasteiger partial charge in [0.2, 0.25) is 0 Å². The van der Waals surface area contributed by atoms with Gasteiger partial charge in [0.1, 0.15) is 0 Å². The molecule has 0 bridgehead atoms. The highest BCUT2D eigenvalue weighted by Crippen LogP contribution is 2.54. The molecule has 0 saturated carbocycles. The van der Waals surface area contributed by atoms with Crippen LogP contribution in [0.15, 0.2) is 91.0 Å². The Labute approximate surface area is 229 Å². The predicted octanol–water partition coefficient (Wildman–Crippen LogP) is 10.5. The second-order valence-electron chi connectivity index (χ2n) is 10.7. The van der Waals surface area contributed by atoms with Gasteiger partial charge in [-0.05, 0) is 115 Å². The standard InChI is InChI=1S/C36H41NO/c1-7-35(8-2)32-22-21-28(25-33(32)36(9-3,10-4)38-35)34-26(5)23-31(24-27(34)6)37(29-17-13-11-14-18-29)30-19-15-12-16-20-30/h11-25H,7-10H2,1-6H3. The van der Waals surface area contributed by atoms with Gasteiger partial charge in [-0.2, -0.15) is 0 Å². The molecule has 38 heavy (non-hydrogen) atoms. The summed E-state index contributed by atoms with van der Waals surface area (Å²) in [6.45, 7) is 13.6. The smallest absolute Gasteiger partial charge is 0.0942 e. The SMILES string of the molecule is CCC1(CC)OC(CC)(CC)c2cc(-c3c(C)cc(N(c4ccccc4)c4ccccc4)cc3C)ccc21. The van der Waals surface area contributed by atoms with Gasteiger partial charge < -0.3 is 9.64 Å². The van der Waals surface area contributed by atoms with Crippen LogP contribution in [0.2, 0.25) is 0 Å². The van der Waals surface area contributed by atoms with Gasteiger partial charge in [0.25, 0.3) is 0 Å². The Morgan fingerprint density at radius 2 is 1.03 bits per heavy atom. The van der Waals surface area contributed by atoms with Crippen LogP contribution < -0.4 is 4.90 Å². The van der Waals surface area contributed by atoms with Crippen LogP contribution in [0.25, 0.3) is 11.1 Å². The zero-order valence-corrected chi connectivity index (χ0v) is 23.8. The summed E-state index contributed by atoms with van der Waals surface area (Å²) in [5.74, 6) is 0.